The summed E-state index contributed by atoms with van der Waals surface area (Å²) in [6, 6.07) is 11.1. The third kappa shape index (κ3) is 3.99. The molecule has 130 valence electrons. The van der Waals surface area contributed by atoms with E-state index in [0.717, 1.165) is 5.56 Å². The highest BCUT2D eigenvalue weighted by Crippen LogP contribution is 2.50. The van der Waals surface area contributed by atoms with Crippen molar-refractivity contribution in [2.24, 2.45) is 5.92 Å². The molecule has 0 saturated heterocycles. The lowest BCUT2D eigenvalue weighted by molar-refractivity contribution is -0.122. The van der Waals surface area contributed by atoms with E-state index >= 15 is 0 Å². The van der Waals surface area contributed by atoms with Gasteiger partial charge >= 0.3 is 5.97 Å². The van der Waals surface area contributed by atoms with E-state index in [1.165, 1.54) is 12.1 Å². The van der Waals surface area contributed by atoms with E-state index in [1.54, 1.807) is 24.3 Å². The Bertz CT molecular complexity index is 804. The predicted molar refractivity (Wildman–Crippen MR) is 92.4 cm³/mol. The van der Waals surface area contributed by atoms with Crippen LogP contribution in [-0.2, 0) is 11.2 Å². The Kier molecular flexibility index (Phi) is 5.04. The molecule has 3 rings (SSSR count). The highest BCUT2D eigenvalue weighted by atomic mass is 35.5. The topological polar surface area (TPSA) is 66.4 Å². The van der Waals surface area contributed by atoms with Crippen molar-refractivity contribution in [3.05, 3.63) is 70.0 Å². The van der Waals surface area contributed by atoms with E-state index < -0.39 is 5.97 Å². The molecule has 1 amide bonds. The van der Waals surface area contributed by atoms with Crippen LogP contribution in [0.15, 0.2) is 42.5 Å². The predicted octanol–water partition coefficient (Wildman–Crippen LogP) is 3.64. The van der Waals surface area contributed by atoms with E-state index in [4.69, 9.17) is 16.7 Å². The Hall–Kier alpha value is -2.40. The van der Waals surface area contributed by atoms with E-state index in [-0.39, 0.29) is 29.1 Å². The Labute approximate surface area is 149 Å². The summed E-state index contributed by atoms with van der Waals surface area (Å²) in [6.45, 7) is 0.399. The van der Waals surface area contributed by atoms with Crippen molar-refractivity contribution in [3.63, 3.8) is 0 Å². The van der Waals surface area contributed by atoms with E-state index in [1.807, 2.05) is 6.07 Å². The summed E-state index contributed by atoms with van der Waals surface area (Å²) < 4.78 is 13.9. The fourth-order valence-corrected chi connectivity index (χ4v) is 3.29. The first kappa shape index (κ1) is 17.4. The maximum absolute atomic E-state index is 13.9. The van der Waals surface area contributed by atoms with Crippen LogP contribution in [0.25, 0.3) is 0 Å². The average Bonchev–Trinajstić information content (AvgIpc) is 3.35. The number of halogens is 2. The molecule has 2 unspecified atom stereocenters. The number of carboxylic acids is 1. The smallest absolute Gasteiger partial charge is 0.335 e. The monoisotopic (exact) mass is 361 g/mol. The van der Waals surface area contributed by atoms with Gasteiger partial charge < -0.3 is 10.4 Å². The first-order valence-corrected chi connectivity index (χ1v) is 8.39. The third-order valence-electron chi connectivity index (χ3n) is 4.38. The summed E-state index contributed by atoms with van der Waals surface area (Å²) >= 11 is 6.04. The van der Waals surface area contributed by atoms with Gasteiger partial charge in [0.05, 0.1) is 5.56 Å². The highest BCUT2D eigenvalue weighted by Gasteiger charge is 2.46. The molecular weight excluding hydrogens is 345 g/mol. The SMILES string of the molecule is O=C(O)c1cccc(CCNC(=O)C2CC2c2c(F)cccc2Cl)c1. The lowest BCUT2D eigenvalue weighted by Crippen LogP contribution is -2.27. The normalized spacial score (nSPS) is 18.6. The molecule has 1 saturated carbocycles. The van der Waals surface area contributed by atoms with Crippen LogP contribution < -0.4 is 5.32 Å². The van der Waals surface area contributed by atoms with Crippen molar-refractivity contribution < 1.29 is 19.1 Å². The average molecular weight is 362 g/mol. The maximum atomic E-state index is 13.9. The van der Waals surface area contributed by atoms with Gasteiger partial charge in [-0.2, -0.15) is 0 Å². The minimum atomic E-state index is -0.978. The summed E-state index contributed by atoms with van der Waals surface area (Å²) in [5.41, 5.74) is 1.48. The van der Waals surface area contributed by atoms with Crippen molar-refractivity contribution in [2.45, 2.75) is 18.8 Å². The van der Waals surface area contributed by atoms with Crippen LogP contribution in [0.3, 0.4) is 0 Å². The first-order valence-electron chi connectivity index (χ1n) is 8.01. The summed E-state index contributed by atoms with van der Waals surface area (Å²) in [5.74, 6) is -1.92. The molecule has 0 bridgehead atoms. The van der Waals surface area contributed by atoms with E-state index in [9.17, 15) is 14.0 Å². The summed E-state index contributed by atoms with van der Waals surface area (Å²) in [4.78, 5) is 23.2. The molecule has 0 radical (unpaired) electrons. The zero-order valence-corrected chi connectivity index (χ0v) is 14.1. The van der Waals surface area contributed by atoms with E-state index in [2.05, 4.69) is 5.32 Å². The first-order chi connectivity index (χ1) is 12.0. The van der Waals surface area contributed by atoms with Crippen LogP contribution in [0.4, 0.5) is 4.39 Å². The summed E-state index contributed by atoms with van der Waals surface area (Å²) in [6.07, 6.45) is 1.12. The van der Waals surface area contributed by atoms with E-state index in [0.29, 0.717) is 30.0 Å². The van der Waals surface area contributed by atoms with Crippen molar-refractivity contribution in [3.8, 4) is 0 Å². The number of amides is 1. The third-order valence-corrected chi connectivity index (χ3v) is 4.71. The number of aromatic carboxylic acids is 1. The van der Waals surface area contributed by atoms with Crippen LogP contribution in [0.2, 0.25) is 5.02 Å². The molecule has 0 spiro atoms. The number of benzene rings is 2. The van der Waals surface area contributed by atoms with Gasteiger partial charge in [-0.3, -0.25) is 4.79 Å². The van der Waals surface area contributed by atoms with Gasteiger partial charge in [0.1, 0.15) is 5.82 Å². The van der Waals surface area contributed by atoms with Crippen LogP contribution >= 0.6 is 11.6 Å². The Balaban J connectivity index is 1.53. The lowest BCUT2D eigenvalue weighted by atomic mass is 10.1. The molecule has 0 heterocycles. The lowest BCUT2D eigenvalue weighted by Gasteiger charge is -2.07. The van der Waals surface area contributed by atoms with Gasteiger partial charge in [0.15, 0.2) is 0 Å². The number of rotatable bonds is 6. The molecule has 1 aliphatic rings. The second-order valence-electron chi connectivity index (χ2n) is 6.13. The molecule has 25 heavy (non-hydrogen) atoms. The van der Waals surface area contributed by atoms with Crippen LogP contribution in [-0.4, -0.2) is 23.5 Å². The molecule has 4 nitrogen and oxygen atoms in total. The minimum absolute atomic E-state index is 0.126. The standard InChI is InChI=1S/C19H17ClFNO3/c20-15-5-2-6-16(21)17(15)13-10-14(13)18(23)22-8-7-11-3-1-4-12(9-11)19(24)25/h1-6,9,13-14H,7-8,10H2,(H,22,23)(H,24,25). The Morgan fingerprint density at radius 1 is 1.24 bits per heavy atom. The van der Waals surface area contributed by atoms with Gasteiger partial charge in [-0.25, -0.2) is 9.18 Å². The molecule has 1 fully saturated rings. The molecule has 2 aromatic rings. The summed E-state index contributed by atoms with van der Waals surface area (Å²) in [5, 5.41) is 12.2. The molecular formula is C19H17ClFNO3. The molecule has 0 aromatic heterocycles. The van der Waals surface area contributed by atoms with Gasteiger partial charge in [-0.1, -0.05) is 29.8 Å². The van der Waals surface area contributed by atoms with Crippen LogP contribution in [0.1, 0.15) is 33.8 Å². The second kappa shape index (κ2) is 7.23. The molecule has 2 aromatic carbocycles. The fourth-order valence-electron chi connectivity index (χ4n) is 2.99. The molecule has 2 atom stereocenters. The quantitative estimate of drug-likeness (QED) is 0.825. The fraction of sp³-hybridized carbons (Fsp3) is 0.263. The number of nitrogens with one attached hydrogen (secondary N) is 1. The molecule has 1 aliphatic carbocycles. The maximum Gasteiger partial charge on any atom is 0.335 e. The van der Waals surface area contributed by atoms with Gasteiger partial charge in [0, 0.05) is 29.0 Å². The van der Waals surface area contributed by atoms with Crippen LogP contribution in [0, 0.1) is 11.7 Å². The van der Waals surface area contributed by atoms with Crippen molar-refractivity contribution in [1.82, 2.24) is 5.32 Å². The van der Waals surface area contributed by atoms with Crippen LogP contribution in [0.5, 0.6) is 0 Å². The number of hydrogen-bond donors (Lipinski definition) is 2. The number of carboxylic acid groups (broad SMARTS) is 1. The highest BCUT2D eigenvalue weighted by molar-refractivity contribution is 6.31. The number of carbonyl (C=O) groups is 2. The van der Waals surface area contributed by atoms with Gasteiger partial charge in [0.25, 0.3) is 0 Å². The molecule has 2 N–H and O–H groups in total. The minimum Gasteiger partial charge on any atom is -0.478 e. The zero-order chi connectivity index (χ0) is 18.0. The molecule has 0 aliphatic heterocycles. The van der Waals surface area contributed by atoms with Crippen molar-refractivity contribution >= 4 is 23.5 Å². The number of carbonyl (C=O) groups excluding carboxylic acids is 1. The Morgan fingerprint density at radius 2 is 2.00 bits per heavy atom. The second-order valence-corrected chi connectivity index (χ2v) is 6.54. The Morgan fingerprint density at radius 3 is 2.72 bits per heavy atom. The summed E-state index contributed by atoms with van der Waals surface area (Å²) in [7, 11) is 0. The van der Waals surface area contributed by atoms with Crippen molar-refractivity contribution in [2.75, 3.05) is 6.54 Å². The largest absolute Gasteiger partial charge is 0.478 e. The van der Waals surface area contributed by atoms with Gasteiger partial charge in [0.2, 0.25) is 5.91 Å². The van der Waals surface area contributed by atoms with Crippen molar-refractivity contribution in [1.29, 1.82) is 0 Å². The van der Waals surface area contributed by atoms with Gasteiger partial charge in [-0.15, -0.1) is 0 Å². The zero-order valence-electron chi connectivity index (χ0n) is 13.3. The van der Waals surface area contributed by atoms with Gasteiger partial charge in [-0.05, 0) is 42.7 Å². The number of hydrogen-bond acceptors (Lipinski definition) is 2. The molecule has 6 heteroatoms.